The van der Waals surface area contributed by atoms with Crippen LogP contribution in [-0.4, -0.2) is 68.4 Å². The van der Waals surface area contributed by atoms with Gasteiger partial charge >= 0.3 is 0 Å². The lowest BCUT2D eigenvalue weighted by Crippen LogP contribution is -2.57. The number of fused-ring (bicyclic) bond motifs is 3. The lowest BCUT2D eigenvalue weighted by atomic mass is 9.77. The predicted molar refractivity (Wildman–Crippen MR) is 124 cm³/mol. The summed E-state index contributed by atoms with van der Waals surface area (Å²) < 4.78 is 34.3. The SMILES string of the molecule is CC1(C)OC2[C@@H](CO)O[C@@H](n3cnc4c(N5CC6(Cc7cccc(F)c7C6)C5)nc(Cl)nc43)[C@H]2O1. The highest BCUT2D eigenvalue weighted by Crippen LogP contribution is 2.48. The summed E-state index contributed by atoms with van der Waals surface area (Å²) in [7, 11) is 0. The number of anilines is 1. The molecule has 0 saturated carbocycles. The van der Waals surface area contributed by atoms with Gasteiger partial charge in [-0.25, -0.2) is 9.37 Å². The molecule has 0 amide bonds. The minimum atomic E-state index is -0.788. The molecule has 3 saturated heterocycles. The number of aliphatic hydroxyl groups excluding tert-OH is 1. The second-order valence-corrected chi connectivity index (χ2v) is 10.9. The van der Waals surface area contributed by atoms with Crippen LogP contribution in [0.5, 0.6) is 0 Å². The van der Waals surface area contributed by atoms with Gasteiger partial charge in [0, 0.05) is 18.5 Å². The number of hydrogen-bond acceptors (Lipinski definition) is 8. The van der Waals surface area contributed by atoms with Gasteiger partial charge in [-0.3, -0.25) is 4.57 Å². The summed E-state index contributed by atoms with van der Waals surface area (Å²) in [4.78, 5) is 15.7. The first-order valence-corrected chi connectivity index (χ1v) is 12.2. The number of nitrogens with zero attached hydrogens (tertiary/aromatic N) is 5. The Hall–Kier alpha value is -2.37. The largest absolute Gasteiger partial charge is 0.394 e. The Balaban J connectivity index is 1.20. The van der Waals surface area contributed by atoms with E-state index < -0.39 is 30.3 Å². The lowest BCUT2D eigenvalue weighted by molar-refractivity contribution is -0.199. The van der Waals surface area contributed by atoms with Crippen molar-refractivity contribution in [3.05, 3.63) is 46.8 Å². The first-order chi connectivity index (χ1) is 16.8. The van der Waals surface area contributed by atoms with Crippen molar-refractivity contribution in [2.24, 2.45) is 5.41 Å². The van der Waals surface area contributed by atoms with Crippen molar-refractivity contribution in [1.82, 2.24) is 19.5 Å². The maximum Gasteiger partial charge on any atom is 0.226 e. The van der Waals surface area contributed by atoms with E-state index in [-0.39, 0.29) is 23.1 Å². The molecular formula is C24H25ClFN5O4. The van der Waals surface area contributed by atoms with E-state index >= 15 is 0 Å². The van der Waals surface area contributed by atoms with Gasteiger partial charge in [0.2, 0.25) is 5.28 Å². The highest BCUT2D eigenvalue weighted by atomic mass is 35.5. The Labute approximate surface area is 205 Å². The molecule has 4 aliphatic rings. The first-order valence-electron chi connectivity index (χ1n) is 11.8. The molecule has 4 atom stereocenters. The lowest BCUT2D eigenvalue weighted by Gasteiger charge is -2.49. The second-order valence-electron chi connectivity index (χ2n) is 10.5. The minimum Gasteiger partial charge on any atom is -0.394 e. The van der Waals surface area contributed by atoms with Crippen molar-refractivity contribution in [1.29, 1.82) is 0 Å². The van der Waals surface area contributed by atoms with Gasteiger partial charge in [-0.1, -0.05) is 12.1 Å². The molecule has 0 radical (unpaired) electrons. The van der Waals surface area contributed by atoms with Gasteiger partial charge in [-0.15, -0.1) is 0 Å². The molecule has 1 spiro atoms. The van der Waals surface area contributed by atoms with Crippen molar-refractivity contribution >= 4 is 28.6 Å². The fraction of sp³-hybridized carbons (Fsp3) is 0.542. The molecule has 0 bridgehead atoms. The molecule has 11 heteroatoms. The molecule has 3 aliphatic heterocycles. The van der Waals surface area contributed by atoms with Crippen LogP contribution in [0.4, 0.5) is 10.2 Å². The normalized spacial score (nSPS) is 30.1. The molecule has 9 nitrogen and oxygen atoms in total. The van der Waals surface area contributed by atoms with Crippen LogP contribution in [0.25, 0.3) is 11.2 Å². The monoisotopic (exact) mass is 501 g/mol. The van der Waals surface area contributed by atoms with Crippen LogP contribution >= 0.6 is 11.6 Å². The third-order valence-corrected chi connectivity index (χ3v) is 7.81. The standard InChI is InChI=1S/C24H25ClFN5O4/c1-23(2)34-17-15(8-32)33-21(18(17)35-23)31-11-27-16-19(28-22(25)29-20(16)31)30-9-24(10-30)6-12-4-3-5-14(26)13(12)7-24/h3-5,11,15,17-18,21,32H,6-10H2,1-2H3/t15-,17?,18+,21-/m1/s1. The Bertz CT molecular complexity index is 1340. The summed E-state index contributed by atoms with van der Waals surface area (Å²) in [6.07, 6.45) is 1.26. The van der Waals surface area contributed by atoms with E-state index in [1.165, 1.54) is 6.07 Å². The summed E-state index contributed by atoms with van der Waals surface area (Å²) in [5.74, 6) is -0.261. The number of imidazole rings is 1. The zero-order valence-electron chi connectivity index (χ0n) is 19.3. The summed E-state index contributed by atoms with van der Waals surface area (Å²) in [6, 6.07) is 5.33. The van der Waals surface area contributed by atoms with Gasteiger partial charge in [0.1, 0.15) is 24.1 Å². The minimum absolute atomic E-state index is 0.00637. The van der Waals surface area contributed by atoms with Crippen LogP contribution in [0, 0.1) is 11.2 Å². The van der Waals surface area contributed by atoms with Gasteiger partial charge in [-0.05, 0) is 55.5 Å². The Morgan fingerprint density at radius 2 is 1.97 bits per heavy atom. The average Bonchev–Trinajstić information content (AvgIpc) is 3.52. The molecule has 3 fully saturated rings. The van der Waals surface area contributed by atoms with Crippen LogP contribution in [-0.2, 0) is 27.1 Å². The Kier molecular flexibility index (Phi) is 4.58. The van der Waals surface area contributed by atoms with Gasteiger partial charge in [0.15, 0.2) is 29.0 Å². The third-order valence-electron chi connectivity index (χ3n) is 7.64. The molecule has 5 heterocycles. The maximum absolute atomic E-state index is 14.3. The number of ether oxygens (including phenoxy) is 3. The van der Waals surface area contributed by atoms with E-state index in [9.17, 15) is 9.50 Å². The maximum atomic E-state index is 14.3. The van der Waals surface area contributed by atoms with E-state index in [1.54, 1.807) is 17.0 Å². The van der Waals surface area contributed by atoms with Gasteiger partial charge in [-0.2, -0.15) is 9.97 Å². The van der Waals surface area contributed by atoms with Crippen LogP contribution in [0.1, 0.15) is 31.2 Å². The van der Waals surface area contributed by atoms with E-state index in [0.717, 1.165) is 37.1 Å². The fourth-order valence-corrected chi connectivity index (χ4v) is 6.42. The highest BCUT2D eigenvalue weighted by Gasteiger charge is 2.56. The molecule has 1 aromatic carbocycles. The quantitative estimate of drug-likeness (QED) is 0.547. The number of rotatable bonds is 3. The Morgan fingerprint density at radius 1 is 1.17 bits per heavy atom. The molecular weight excluding hydrogens is 477 g/mol. The molecule has 1 N–H and O–H groups in total. The predicted octanol–water partition coefficient (Wildman–Crippen LogP) is 2.63. The summed E-state index contributed by atoms with van der Waals surface area (Å²) in [6.45, 7) is 4.96. The van der Waals surface area contributed by atoms with E-state index in [4.69, 9.17) is 25.8 Å². The van der Waals surface area contributed by atoms with Crippen molar-refractivity contribution in [2.75, 3.05) is 24.6 Å². The Morgan fingerprint density at radius 3 is 2.74 bits per heavy atom. The van der Waals surface area contributed by atoms with E-state index in [1.807, 2.05) is 19.9 Å². The zero-order valence-corrected chi connectivity index (χ0v) is 20.1. The highest BCUT2D eigenvalue weighted by molar-refractivity contribution is 6.28. The smallest absolute Gasteiger partial charge is 0.226 e. The van der Waals surface area contributed by atoms with Crippen molar-refractivity contribution in [3.63, 3.8) is 0 Å². The molecule has 3 aromatic rings. The van der Waals surface area contributed by atoms with Gasteiger partial charge < -0.3 is 24.2 Å². The number of hydrogen-bond donors (Lipinski definition) is 1. The summed E-state index contributed by atoms with van der Waals surface area (Å²) in [5, 5.41) is 9.94. The number of aromatic nitrogens is 4. The van der Waals surface area contributed by atoms with Crippen LogP contribution < -0.4 is 4.90 Å². The fourth-order valence-electron chi connectivity index (χ4n) is 6.26. The molecule has 1 aliphatic carbocycles. The topological polar surface area (TPSA) is 94.8 Å². The van der Waals surface area contributed by atoms with Crippen molar-refractivity contribution < 1.29 is 23.7 Å². The first kappa shape index (κ1) is 21.9. The third kappa shape index (κ3) is 3.24. The van der Waals surface area contributed by atoms with Crippen LogP contribution in [0.15, 0.2) is 24.5 Å². The van der Waals surface area contributed by atoms with Crippen LogP contribution in [0.3, 0.4) is 0 Å². The molecule has 184 valence electrons. The van der Waals surface area contributed by atoms with Gasteiger partial charge in [0.25, 0.3) is 0 Å². The van der Waals surface area contributed by atoms with Gasteiger partial charge in [0.05, 0.1) is 12.9 Å². The van der Waals surface area contributed by atoms with Crippen molar-refractivity contribution in [3.8, 4) is 0 Å². The van der Waals surface area contributed by atoms with E-state index in [0.29, 0.717) is 17.0 Å². The molecule has 1 unspecified atom stereocenters. The number of benzene rings is 1. The van der Waals surface area contributed by atoms with Crippen LogP contribution in [0.2, 0.25) is 5.28 Å². The molecule has 2 aromatic heterocycles. The zero-order chi connectivity index (χ0) is 24.1. The average molecular weight is 502 g/mol. The number of halogens is 2. The molecule has 35 heavy (non-hydrogen) atoms. The summed E-state index contributed by atoms with van der Waals surface area (Å²) >= 11 is 6.37. The number of aliphatic hydroxyl groups is 1. The molecule has 7 rings (SSSR count). The summed E-state index contributed by atoms with van der Waals surface area (Å²) in [5.41, 5.74) is 3.05. The second kappa shape index (κ2) is 7.33. The van der Waals surface area contributed by atoms with Crippen molar-refractivity contribution in [2.45, 2.75) is 57.0 Å². The van der Waals surface area contributed by atoms with E-state index in [2.05, 4.69) is 19.9 Å².